The highest BCUT2D eigenvalue weighted by Gasteiger charge is 2.22. The number of benzene rings is 2. The smallest absolute Gasteiger partial charge is 0.322 e. The van der Waals surface area contributed by atoms with Crippen molar-refractivity contribution in [2.24, 2.45) is 0 Å². The summed E-state index contributed by atoms with van der Waals surface area (Å²) in [7, 11) is 2.15. The van der Waals surface area contributed by atoms with Crippen LogP contribution in [-0.2, 0) is 13.0 Å². The lowest BCUT2D eigenvalue weighted by molar-refractivity contribution is 0.206. The maximum atomic E-state index is 12.9. The van der Waals surface area contributed by atoms with Gasteiger partial charge in [-0.25, -0.2) is 4.79 Å². The molecule has 0 bridgehead atoms. The molecule has 0 aromatic heterocycles. The molecule has 0 atom stereocenters. The van der Waals surface area contributed by atoms with E-state index in [0.29, 0.717) is 13.2 Å². The highest BCUT2D eigenvalue weighted by Crippen LogP contribution is 2.31. The maximum Gasteiger partial charge on any atom is 0.322 e. The third-order valence-electron chi connectivity index (χ3n) is 5.79. The lowest BCUT2D eigenvalue weighted by Crippen LogP contribution is -2.44. The van der Waals surface area contributed by atoms with Crippen LogP contribution in [0.3, 0.4) is 0 Å². The molecular weight excluding hydrogens is 364 g/mol. The monoisotopic (exact) mass is 394 g/mol. The van der Waals surface area contributed by atoms with Gasteiger partial charge in [0.15, 0.2) is 0 Å². The molecule has 6 heteroatoms. The number of carbonyl (C=O) groups excluding carboxylic acids is 1. The second-order valence-electron chi connectivity index (χ2n) is 7.77. The van der Waals surface area contributed by atoms with Gasteiger partial charge in [-0.05, 0) is 43.7 Å². The van der Waals surface area contributed by atoms with Crippen LogP contribution in [0.5, 0.6) is 5.75 Å². The molecule has 0 spiro atoms. The number of urea groups is 1. The number of likely N-dealkylation sites (N-methyl/N-ethyl adjacent to an activating group) is 1. The van der Waals surface area contributed by atoms with Gasteiger partial charge in [-0.3, -0.25) is 0 Å². The van der Waals surface area contributed by atoms with E-state index in [9.17, 15) is 4.79 Å². The Morgan fingerprint density at radius 1 is 1.03 bits per heavy atom. The topological polar surface area (TPSA) is 48.1 Å². The first-order chi connectivity index (χ1) is 14.1. The first-order valence-electron chi connectivity index (χ1n) is 10.5. The van der Waals surface area contributed by atoms with Crippen molar-refractivity contribution in [3.63, 3.8) is 0 Å². The number of ether oxygens (including phenoxy) is 1. The first-order valence-corrected chi connectivity index (χ1v) is 10.5. The minimum Gasteiger partial charge on any atom is -0.492 e. The number of anilines is 2. The molecule has 2 aromatic rings. The average Bonchev–Trinajstić information content (AvgIpc) is 2.75. The number of hydrogen-bond acceptors (Lipinski definition) is 4. The van der Waals surface area contributed by atoms with E-state index in [0.717, 1.165) is 56.3 Å². The fraction of sp³-hybridized carbons (Fsp3) is 0.435. The molecule has 154 valence electrons. The molecule has 2 amide bonds. The second-order valence-corrected chi connectivity index (χ2v) is 7.77. The predicted octanol–water partition coefficient (Wildman–Crippen LogP) is 3.43. The molecule has 1 N–H and O–H groups in total. The number of nitrogens with zero attached hydrogens (tertiary/aromatic N) is 3. The summed E-state index contributed by atoms with van der Waals surface area (Å²) in [5.74, 6) is 0.731. The van der Waals surface area contributed by atoms with Crippen LogP contribution in [0.2, 0.25) is 0 Å². The largest absolute Gasteiger partial charge is 0.492 e. The molecular formula is C23H30N4O2. The van der Waals surface area contributed by atoms with E-state index in [2.05, 4.69) is 52.5 Å². The van der Waals surface area contributed by atoms with Crippen molar-refractivity contribution in [1.82, 2.24) is 9.80 Å². The number of carbonyl (C=O) groups is 1. The van der Waals surface area contributed by atoms with Gasteiger partial charge in [0, 0.05) is 51.0 Å². The third kappa shape index (κ3) is 4.48. The van der Waals surface area contributed by atoms with Crippen LogP contribution in [0.15, 0.2) is 42.5 Å². The van der Waals surface area contributed by atoms with Gasteiger partial charge in [0.1, 0.15) is 5.75 Å². The summed E-state index contributed by atoms with van der Waals surface area (Å²) in [5, 5.41) is 3.07. The van der Waals surface area contributed by atoms with Crippen molar-refractivity contribution < 1.29 is 9.53 Å². The van der Waals surface area contributed by atoms with Crippen molar-refractivity contribution in [3.05, 3.63) is 53.6 Å². The van der Waals surface area contributed by atoms with Gasteiger partial charge in [0.05, 0.1) is 12.3 Å². The van der Waals surface area contributed by atoms with E-state index in [1.54, 1.807) is 0 Å². The molecule has 4 rings (SSSR count). The zero-order valence-electron chi connectivity index (χ0n) is 17.4. The van der Waals surface area contributed by atoms with Gasteiger partial charge in [-0.1, -0.05) is 24.3 Å². The van der Waals surface area contributed by atoms with Crippen LogP contribution in [0.1, 0.15) is 18.1 Å². The fourth-order valence-electron chi connectivity index (χ4n) is 4.01. The Morgan fingerprint density at radius 3 is 2.55 bits per heavy atom. The van der Waals surface area contributed by atoms with Crippen molar-refractivity contribution >= 4 is 17.4 Å². The first kappa shape index (κ1) is 19.6. The van der Waals surface area contributed by atoms with Crippen LogP contribution in [0.25, 0.3) is 0 Å². The molecule has 0 saturated carbocycles. The molecule has 0 aliphatic carbocycles. The molecule has 29 heavy (non-hydrogen) atoms. The number of amides is 2. The van der Waals surface area contributed by atoms with Crippen LogP contribution < -0.4 is 15.0 Å². The van der Waals surface area contributed by atoms with Gasteiger partial charge in [0.25, 0.3) is 0 Å². The zero-order chi connectivity index (χ0) is 20.2. The minimum absolute atomic E-state index is 0.0761. The summed E-state index contributed by atoms with van der Waals surface area (Å²) in [6.07, 6.45) is 0.893. The molecule has 2 aliphatic rings. The van der Waals surface area contributed by atoms with E-state index in [4.69, 9.17) is 4.74 Å². The van der Waals surface area contributed by atoms with E-state index in [1.807, 2.05) is 24.0 Å². The number of fused-ring (bicyclic) bond motifs is 1. The summed E-state index contributed by atoms with van der Waals surface area (Å²) in [5.41, 5.74) is 4.44. The molecule has 2 heterocycles. The molecule has 2 aromatic carbocycles. The van der Waals surface area contributed by atoms with Crippen molar-refractivity contribution in [2.75, 3.05) is 56.6 Å². The molecule has 1 saturated heterocycles. The van der Waals surface area contributed by atoms with Crippen molar-refractivity contribution in [1.29, 1.82) is 0 Å². The van der Waals surface area contributed by atoms with Gasteiger partial charge in [-0.15, -0.1) is 0 Å². The third-order valence-corrected chi connectivity index (χ3v) is 5.79. The lowest BCUT2D eigenvalue weighted by Gasteiger charge is -2.34. The molecule has 0 unspecified atom stereocenters. The average molecular weight is 395 g/mol. The molecule has 2 aliphatic heterocycles. The fourth-order valence-corrected chi connectivity index (χ4v) is 4.01. The van der Waals surface area contributed by atoms with Gasteiger partial charge >= 0.3 is 6.03 Å². The summed E-state index contributed by atoms with van der Waals surface area (Å²) in [4.78, 5) is 19.5. The Bertz CT molecular complexity index is 862. The zero-order valence-corrected chi connectivity index (χ0v) is 17.4. The highest BCUT2D eigenvalue weighted by atomic mass is 16.5. The number of piperazine rings is 1. The normalized spacial score (nSPS) is 17.0. The summed E-state index contributed by atoms with van der Waals surface area (Å²) in [6.45, 7) is 8.01. The highest BCUT2D eigenvalue weighted by molar-refractivity contribution is 5.91. The van der Waals surface area contributed by atoms with Gasteiger partial charge in [-0.2, -0.15) is 0 Å². The molecule has 0 radical (unpaired) electrons. The minimum atomic E-state index is -0.0761. The summed E-state index contributed by atoms with van der Waals surface area (Å²) >= 11 is 0. The van der Waals surface area contributed by atoms with E-state index in [-0.39, 0.29) is 6.03 Å². The van der Waals surface area contributed by atoms with E-state index >= 15 is 0 Å². The van der Waals surface area contributed by atoms with Crippen molar-refractivity contribution in [3.8, 4) is 5.75 Å². The molecule has 1 fully saturated rings. The van der Waals surface area contributed by atoms with Gasteiger partial charge < -0.3 is 24.8 Å². The quantitative estimate of drug-likeness (QED) is 0.863. The summed E-state index contributed by atoms with van der Waals surface area (Å²) < 4.78 is 5.86. The van der Waals surface area contributed by atoms with Crippen LogP contribution in [-0.4, -0.2) is 62.2 Å². The Hall–Kier alpha value is -2.73. The number of hydrogen-bond donors (Lipinski definition) is 1. The van der Waals surface area contributed by atoms with E-state index < -0.39 is 0 Å². The molecule has 6 nitrogen and oxygen atoms in total. The van der Waals surface area contributed by atoms with Crippen LogP contribution in [0.4, 0.5) is 16.2 Å². The van der Waals surface area contributed by atoms with Crippen LogP contribution in [0, 0.1) is 0 Å². The Labute approximate surface area is 173 Å². The Kier molecular flexibility index (Phi) is 5.90. The van der Waals surface area contributed by atoms with Crippen LogP contribution >= 0.6 is 0 Å². The predicted molar refractivity (Wildman–Crippen MR) is 117 cm³/mol. The standard InChI is InChI=1S/C23H30N4O2/c1-3-29-22-16-20(26-14-12-25(2)13-15-26)8-9-21(22)24-23(28)27-11-10-18-6-4-5-7-19(18)17-27/h4-9,16H,3,10-15,17H2,1-2H3,(H,24,28). The van der Waals surface area contributed by atoms with Gasteiger partial charge in [0.2, 0.25) is 0 Å². The summed E-state index contributed by atoms with van der Waals surface area (Å²) in [6, 6.07) is 14.4. The SMILES string of the molecule is CCOc1cc(N2CCN(C)CC2)ccc1NC(=O)N1CCc2ccccc2C1. The van der Waals surface area contributed by atoms with Crippen molar-refractivity contribution in [2.45, 2.75) is 19.9 Å². The lowest BCUT2D eigenvalue weighted by atomic mass is 10.0. The second kappa shape index (κ2) is 8.74. The maximum absolute atomic E-state index is 12.9. The Balaban J connectivity index is 1.47. The Morgan fingerprint density at radius 2 is 1.79 bits per heavy atom. The number of nitrogens with one attached hydrogen (secondary N) is 1. The van der Waals surface area contributed by atoms with E-state index in [1.165, 1.54) is 11.1 Å². The number of rotatable bonds is 4.